The van der Waals surface area contributed by atoms with Gasteiger partial charge in [-0.1, -0.05) is 36.4 Å². The Kier molecular flexibility index (Phi) is 5.53. The Morgan fingerprint density at radius 3 is 2.50 bits per heavy atom. The van der Waals surface area contributed by atoms with Crippen LogP contribution in [0, 0.1) is 13.8 Å². The second-order valence-electron chi connectivity index (χ2n) is 7.52. The molecule has 0 N–H and O–H groups in total. The number of aryl methyl sites for hydroxylation is 4. The summed E-state index contributed by atoms with van der Waals surface area (Å²) >= 11 is 0. The van der Waals surface area contributed by atoms with Gasteiger partial charge >= 0.3 is 0 Å². The van der Waals surface area contributed by atoms with Crippen LogP contribution < -0.4 is 0 Å². The second-order valence-corrected chi connectivity index (χ2v) is 7.52. The summed E-state index contributed by atoms with van der Waals surface area (Å²) in [6.45, 7) is 4.02. The van der Waals surface area contributed by atoms with E-state index in [0.717, 1.165) is 39.3 Å². The van der Waals surface area contributed by atoms with Gasteiger partial charge in [0.15, 0.2) is 5.78 Å². The molecule has 5 nitrogen and oxygen atoms in total. The van der Waals surface area contributed by atoms with Crippen LogP contribution in [0.15, 0.2) is 67.0 Å². The molecule has 0 radical (unpaired) electrons. The smallest absolute Gasteiger partial charge is 0.183 e. The van der Waals surface area contributed by atoms with Gasteiger partial charge in [0, 0.05) is 37.1 Å². The van der Waals surface area contributed by atoms with E-state index in [-0.39, 0.29) is 5.78 Å². The van der Waals surface area contributed by atoms with Crippen LogP contribution in [0.25, 0.3) is 22.5 Å². The standard InChI is InChI=1S/C25H24N4O/c1-17-13-19(16-27-25(17)21-11-12-26-18(2)14-21)9-10-24(30)22-15-23(29(3)28-22)20-7-5-4-6-8-20/h4-8,11-16H,9-10H2,1-3H3. The molecule has 1 aromatic carbocycles. The van der Waals surface area contributed by atoms with Crippen molar-refractivity contribution < 1.29 is 4.79 Å². The maximum Gasteiger partial charge on any atom is 0.183 e. The van der Waals surface area contributed by atoms with Crippen LogP contribution in [0.3, 0.4) is 0 Å². The predicted molar refractivity (Wildman–Crippen MR) is 118 cm³/mol. The van der Waals surface area contributed by atoms with Gasteiger partial charge in [-0.2, -0.15) is 5.10 Å². The third-order valence-electron chi connectivity index (χ3n) is 5.18. The molecule has 30 heavy (non-hydrogen) atoms. The number of carbonyl (C=O) groups excluding carboxylic acids is 1. The second kappa shape index (κ2) is 8.41. The van der Waals surface area contributed by atoms with Gasteiger partial charge in [0.2, 0.25) is 0 Å². The van der Waals surface area contributed by atoms with Crippen molar-refractivity contribution in [3.8, 4) is 22.5 Å². The number of aromatic nitrogens is 4. The Morgan fingerprint density at radius 1 is 0.967 bits per heavy atom. The average molecular weight is 396 g/mol. The van der Waals surface area contributed by atoms with E-state index in [1.54, 1.807) is 10.9 Å². The van der Waals surface area contributed by atoms with Crippen molar-refractivity contribution in [2.45, 2.75) is 26.7 Å². The summed E-state index contributed by atoms with van der Waals surface area (Å²) in [6.07, 6.45) is 4.70. The molecule has 4 aromatic rings. The van der Waals surface area contributed by atoms with Gasteiger partial charge in [-0.05, 0) is 55.2 Å². The third-order valence-corrected chi connectivity index (χ3v) is 5.18. The molecule has 150 valence electrons. The van der Waals surface area contributed by atoms with Crippen LogP contribution in [0.4, 0.5) is 0 Å². The van der Waals surface area contributed by atoms with Crippen molar-refractivity contribution in [3.63, 3.8) is 0 Å². The SMILES string of the molecule is Cc1cc(-c2ncc(CCC(=O)c3cc(-c4ccccc4)n(C)n3)cc2C)ccn1. The van der Waals surface area contributed by atoms with Crippen LogP contribution in [-0.4, -0.2) is 25.5 Å². The lowest BCUT2D eigenvalue weighted by Gasteiger charge is -2.08. The molecule has 3 heterocycles. The van der Waals surface area contributed by atoms with E-state index in [4.69, 9.17) is 0 Å². The summed E-state index contributed by atoms with van der Waals surface area (Å²) < 4.78 is 1.76. The maximum atomic E-state index is 12.7. The molecule has 0 saturated carbocycles. The molecule has 0 saturated heterocycles. The minimum atomic E-state index is 0.0410. The van der Waals surface area contributed by atoms with Crippen LogP contribution in [0.5, 0.6) is 0 Å². The predicted octanol–water partition coefficient (Wildman–Crippen LogP) is 4.98. The third kappa shape index (κ3) is 4.20. The fraction of sp³-hybridized carbons (Fsp3) is 0.200. The first-order valence-corrected chi connectivity index (χ1v) is 10.0. The lowest BCUT2D eigenvalue weighted by molar-refractivity contribution is 0.0977. The lowest BCUT2D eigenvalue weighted by atomic mass is 10.0. The monoisotopic (exact) mass is 396 g/mol. The number of hydrogen-bond donors (Lipinski definition) is 0. The van der Waals surface area contributed by atoms with E-state index >= 15 is 0 Å². The number of pyridine rings is 2. The first-order valence-electron chi connectivity index (χ1n) is 10.0. The Hall–Kier alpha value is -3.60. The Balaban J connectivity index is 1.46. The highest BCUT2D eigenvalue weighted by atomic mass is 16.1. The van der Waals surface area contributed by atoms with Gasteiger partial charge in [0.25, 0.3) is 0 Å². The summed E-state index contributed by atoms with van der Waals surface area (Å²) in [5, 5.41) is 4.42. The van der Waals surface area contributed by atoms with E-state index in [1.807, 2.05) is 75.6 Å². The fourth-order valence-electron chi connectivity index (χ4n) is 3.63. The molecule has 0 bridgehead atoms. The Bertz CT molecular complexity index is 1200. The highest BCUT2D eigenvalue weighted by Gasteiger charge is 2.14. The van der Waals surface area contributed by atoms with Crippen molar-refractivity contribution in [1.82, 2.24) is 19.7 Å². The van der Waals surface area contributed by atoms with Crippen molar-refractivity contribution in [2.75, 3.05) is 0 Å². The average Bonchev–Trinajstić information content (AvgIpc) is 3.14. The number of nitrogens with zero attached hydrogens (tertiary/aromatic N) is 4. The van der Waals surface area contributed by atoms with E-state index in [9.17, 15) is 4.79 Å². The summed E-state index contributed by atoms with van der Waals surface area (Å²) in [5.74, 6) is 0.0410. The minimum absolute atomic E-state index is 0.0410. The topological polar surface area (TPSA) is 60.7 Å². The molecule has 4 rings (SSSR count). The van der Waals surface area contributed by atoms with E-state index in [2.05, 4.69) is 21.1 Å². The summed E-state index contributed by atoms with van der Waals surface area (Å²) in [7, 11) is 1.87. The number of Topliss-reactive ketones (excluding diaryl/α,β-unsaturated/α-hetero) is 1. The molecule has 0 amide bonds. The van der Waals surface area contributed by atoms with Crippen molar-refractivity contribution >= 4 is 5.78 Å². The number of hydrogen-bond acceptors (Lipinski definition) is 4. The van der Waals surface area contributed by atoms with Crippen LogP contribution in [-0.2, 0) is 13.5 Å². The Morgan fingerprint density at radius 2 is 1.77 bits per heavy atom. The molecule has 0 aliphatic carbocycles. The number of rotatable bonds is 6. The zero-order valence-electron chi connectivity index (χ0n) is 17.5. The largest absolute Gasteiger partial charge is 0.292 e. The summed E-state index contributed by atoms with van der Waals surface area (Å²) in [6, 6.07) is 18.0. The molecule has 0 aliphatic rings. The molecule has 0 atom stereocenters. The molecular weight excluding hydrogens is 372 g/mol. The van der Waals surface area contributed by atoms with Crippen LogP contribution in [0.2, 0.25) is 0 Å². The molecule has 0 spiro atoms. The molecular formula is C25H24N4O. The van der Waals surface area contributed by atoms with Gasteiger partial charge in [-0.15, -0.1) is 0 Å². The zero-order chi connectivity index (χ0) is 21.1. The van der Waals surface area contributed by atoms with Crippen molar-refractivity contribution in [1.29, 1.82) is 0 Å². The highest BCUT2D eigenvalue weighted by Crippen LogP contribution is 2.23. The lowest BCUT2D eigenvalue weighted by Crippen LogP contribution is -2.04. The van der Waals surface area contributed by atoms with Gasteiger partial charge < -0.3 is 0 Å². The van der Waals surface area contributed by atoms with Gasteiger partial charge in [-0.25, -0.2) is 0 Å². The minimum Gasteiger partial charge on any atom is -0.292 e. The Labute approximate surface area is 176 Å². The highest BCUT2D eigenvalue weighted by molar-refractivity contribution is 5.95. The molecule has 0 aliphatic heterocycles. The number of ketones is 1. The first kappa shape index (κ1) is 19.7. The molecule has 5 heteroatoms. The van der Waals surface area contributed by atoms with E-state index in [1.165, 1.54) is 0 Å². The van der Waals surface area contributed by atoms with Crippen molar-refractivity contribution in [3.05, 3.63) is 89.5 Å². The molecule has 0 fully saturated rings. The summed E-state index contributed by atoms with van der Waals surface area (Å²) in [5.41, 5.74) is 7.61. The number of benzene rings is 1. The number of carbonyl (C=O) groups is 1. The van der Waals surface area contributed by atoms with Gasteiger partial charge in [-0.3, -0.25) is 19.4 Å². The normalized spacial score (nSPS) is 10.9. The van der Waals surface area contributed by atoms with Crippen molar-refractivity contribution in [2.24, 2.45) is 7.05 Å². The maximum absolute atomic E-state index is 12.7. The van der Waals surface area contributed by atoms with E-state index in [0.29, 0.717) is 18.5 Å². The quantitative estimate of drug-likeness (QED) is 0.432. The van der Waals surface area contributed by atoms with Crippen LogP contribution >= 0.6 is 0 Å². The zero-order valence-corrected chi connectivity index (χ0v) is 17.5. The first-order chi connectivity index (χ1) is 14.5. The fourth-order valence-corrected chi connectivity index (χ4v) is 3.63. The molecule has 0 unspecified atom stereocenters. The van der Waals surface area contributed by atoms with Crippen LogP contribution in [0.1, 0.15) is 33.7 Å². The molecule has 3 aromatic heterocycles. The van der Waals surface area contributed by atoms with E-state index < -0.39 is 0 Å². The summed E-state index contributed by atoms with van der Waals surface area (Å²) in [4.78, 5) is 21.6. The van der Waals surface area contributed by atoms with Gasteiger partial charge in [0.1, 0.15) is 5.69 Å². The van der Waals surface area contributed by atoms with Gasteiger partial charge in [0.05, 0.1) is 11.4 Å².